The van der Waals surface area contributed by atoms with Crippen LogP contribution in [0.25, 0.3) is 5.65 Å². The summed E-state index contributed by atoms with van der Waals surface area (Å²) in [6, 6.07) is 3.57. The Balaban J connectivity index is 2.55. The van der Waals surface area contributed by atoms with E-state index in [1.807, 2.05) is 0 Å². The fourth-order valence-corrected chi connectivity index (χ4v) is 1.04. The van der Waals surface area contributed by atoms with Crippen molar-refractivity contribution in [3.8, 4) is 11.8 Å². The summed E-state index contributed by atoms with van der Waals surface area (Å²) in [4.78, 5) is 14.5. The van der Waals surface area contributed by atoms with Crippen LogP contribution in [0.5, 0.6) is 0 Å². The Morgan fingerprint density at radius 2 is 2.43 bits per heavy atom. The van der Waals surface area contributed by atoms with Crippen molar-refractivity contribution in [3.63, 3.8) is 0 Å². The molecule has 0 aliphatic carbocycles. The molecule has 5 nitrogen and oxygen atoms in total. The zero-order valence-electron chi connectivity index (χ0n) is 7.14. The van der Waals surface area contributed by atoms with E-state index in [2.05, 4.69) is 21.9 Å². The van der Waals surface area contributed by atoms with Gasteiger partial charge in [-0.25, -0.2) is 9.50 Å². The molecule has 14 heavy (non-hydrogen) atoms. The number of amides is 1. The number of aromatic nitrogens is 3. The summed E-state index contributed by atoms with van der Waals surface area (Å²) in [6.45, 7) is 0. The number of imidazole rings is 1. The summed E-state index contributed by atoms with van der Waals surface area (Å²) < 4.78 is 1.54. The molecule has 2 aromatic heterocycles. The minimum atomic E-state index is -0.670. The van der Waals surface area contributed by atoms with Crippen molar-refractivity contribution < 1.29 is 4.79 Å². The Kier molecular flexibility index (Phi) is 1.88. The second-order valence-corrected chi connectivity index (χ2v) is 2.55. The van der Waals surface area contributed by atoms with Crippen LogP contribution in [0.15, 0.2) is 24.5 Å². The SMILES string of the molecule is NC(=O)C#Cc1cnc2cccnn12. The Bertz CT molecular complexity index is 546. The third-order valence-electron chi connectivity index (χ3n) is 1.59. The lowest BCUT2D eigenvalue weighted by Gasteiger charge is -1.90. The van der Waals surface area contributed by atoms with E-state index >= 15 is 0 Å². The first-order chi connectivity index (χ1) is 6.77. The van der Waals surface area contributed by atoms with Crippen molar-refractivity contribution in [2.24, 2.45) is 5.73 Å². The summed E-state index contributed by atoms with van der Waals surface area (Å²) >= 11 is 0. The van der Waals surface area contributed by atoms with E-state index in [9.17, 15) is 4.79 Å². The van der Waals surface area contributed by atoms with E-state index in [-0.39, 0.29) is 0 Å². The van der Waals surface area contributed by atoms with Gasteiger partial charge < -0.3 is 5.73 Å². The van der Waals surface area contributed by atoms with Gasteiger partial charge in [-0.15, -0.1) is 0 Å². The van der Waals surface area contributed by atoms with Crippen LogP contribution in [0.4, 0.5) is 0 Å². The van der Waals surface area contributed by atoms with Crippen molar-refractivity contribution in [2.75, 3.05) is 0 Å². The number of nitrogens with zero attached hydrogens (tertiary/aromatic N) is 3. The molecule has 68 valence electrons. The maximum absolute atomic E-state index is 10.4. The van der Waals surface area contributed by atoms with Crippen LogP contribution in [-0.4, -0.2) is 20.5 Å². The lowest BCUT2D eigenvalue weighted by Crippen LogP contribution is -2.06. The van der Waals surface area contributed by atoms with Gasteiger partial charge >= 0.3 is 0 Å². The van der Waals surface area contributed by atoms with Gasteiger partial charge in [0.15, 0.2) is 5.65 Å². The van der Waals surface area contributed by atoms with E-state index in [0.29, 0.717) is 11.3 Å². The van der Waals surface area contributed by atoms with Gasteiger partial charge in [-0.3, -0.25) is 4.79 Å². The summed E-state index contributed by atoms with van der Waals surface area (Å²) in [6.07, 6.45) is 3.16. The smallest absolute Gasteiger partial charge is 0.293 e. The van der Waals surface area contributed by atoms with Crippen LogP contribution >= 0.6 is 0 Å². The molecule has 0 bridgehead atoms. The van der Waals surface area contributed by atoms with Gasteiger partial charge in [-0.2, -0.15) is 5.10 Å². The second kappa shape index (κ2) is 3.18. The third kappa shape index (κ3) is 1.41. The highest BCUT2D eigenvalue weighted by Crippen LogP contribution is 2.01. The molecule has 2 rings (SSSR count). The van der Waals surface area contributed by atoms with Gasteiger partial charge in [0.05, 0.1) is 6.20 Å². The van der Waals surface area contributed by atoms with Crippen LogP contribution in [0.3, 0.4) is 0 Å². The molecule has 2 aromatic rings. The summed E-state index contributed by atoms with van der Waals surface area (Å²) in [5.74, 6) is 4.14. The molecule has 0 fully saturated rings. The topological polar surface area (TPSA) is 73.3 Å². The molecule has 0 aliphatic heterocycles. The molecule has 0 saturated carbocycles. The van der Waals surface area contributed by atoms with Gasteiger partial charge in [0, 0.05) is 12.1 Å². The molecule has 0 unspecified atom stereocenters. The van der Waals surface area contributed by atoms with Gasteiger partial charge in [0.1, 0.15) is 5.69 Å². The maximum Gasteiger partial charge on any atom is 0.293 e. The lowest BCUT2D eigenvalue weighted by atomic mass is 10.4. The highest BCUT2D eigenvalue weighted by molar-refractivity contribution is 5.92. The van der Waals surface area contributed by atoms with E-state index in [4.69, 9.17) is 5.73 Å². The number of rotatable bonds is 0. The first-order valence-electron chi connectivity index (χ1n) is 3.87. The highest BCUT2D eigenvalue weighted by Gasteiger charge is 1.99. The highest BCUT2D eigenvalue weighted by atomic mass is 16.1. The quantitative estimate of drug-likeness (QED) is 0.567. The summed E-state index contributed by atoms with van der Waals surface area (Å²) in [7, 11) is 0. The van der Waals surface area contributed by atoms with Crippen molar-refractivity contribution in [1.29, 1.82) is 0 Å². The van der Waals surface area contributed by atoms with Gasteiger partial charge in [-0.1, -0.05) is 0 Å². The van der Waals surface area contributed by atoms with Crippen LogP contribution in [-0.2, 0) is 4.79 Å². The standard InChI is InChI=1S/C9H6N4O/c10-8(14)4-3-7-6-11-9-2-1-5-12-13(7)9/h1-2,5-6H,(H2,10,14). The average molecular weight is 186 g/mol. The van der Waals surface area contributed by atoms with E-state index in [0.717, 1.165) is 0 Å². The van der Waals surface area contributed by atoms with Crippen molar-refractivity contribution in [3.05, 3.63) is 30.2 Å². The predicted octanol–water partition coefficient (Wildman–Crippen LogP) is -0.434. The predicted molar refractivity (Wildman–Crippen MR) is 49.1 cm³/mol. The normalized spacial score (nSPS) is 9.43. The minimum absolute atomic E-state index is 0.541. The zero-order valence-corrected chi connectivity index (χ0v) is 7.14. The number of carbonyl (C=O) groups excluding carboxylic acids is 1. The number of hydrogen-bond acceptors (Lipinski definition) is 3. The third-order valence-corrected chi connectivity index (χ3v) is 1.59. The fraction of sp³-hybridized carbons (Fsp3) is 0. The molecule has 0 saturated heterocycles. The maximum atomic E-state index is 10.4. The van der Waals surface area contributed by atoms with Crippen molar-refractivity contribution >= 4 is 11.6 Å². The van der Waals surface area contributed by atoms with Crippen molar-refractivity contribution in [2.45, 2.75) is 0 Å². The molecule has 2 heterocycles. The number of nitrogens with two attached hydrogens (primary N) is 1. The average Bonchev–Trinajstić information content (AvgIpc) is 2.58. The molecule has 0 radical (unpaired) electrons. The molecular weight excluding hydrogens is 180 g/mol. The fourth-order valence-electron chi connectivity index (χ4n) is 1.04. The second-order valence-electron chi connectivity index (χ2n) is 2.55. The van der Waals surface area contributed by atoms with Gasteiger partial charge in [0.2, 0.25) is 0 Å². The first-order valence-corrected chi connectivity index (χ1v) is 3.87. The monoisotopic (exact) mass is 186 g/mol. The summed E-state index contributed by atoms with van der Waals surface area (Å²) in [5, 5.41) is 4.02. The van der Waals surface area contributed by atoms with Crippen LogP contribution < -0.4 is 5.73 Å². The van der Waals surface area contributed by atoms with E-state index < -0.39 is 5.91 Å². The van der Waals surface area contributed by atoms with E-state index in [1.54, 1.807) is 18.3 Å². The zero-order chi connectivity index (χ0) is 9.97. The number of primary amides is 1. The molecule has 1 amide bonds. The molecule has 5 heteroatoms. The van der Waals surface area contributed by atoms with Crippen molar-refractivity contribution in [1.82, 2.24) is 14.6 Å². The Hall–Kier alpha value is -2.35. The van der Waals surface area contributed by atoms with Crippen LogP contribution in [0.1, 0.15) is 5.69 Å². The molecule has 2 N–H and O–H groups in total. The van der Waals surface area contributed by atoms with Crippen LogP contribution in [0.2, 0.25) is 0 Å². The number of carbonyl (C=O) groups is 1. The molecule has 0 aromatic carbocycles. The largest absolute Gasteiger partial charge is 0.359 e. The first kappa shape index (κ1) is 8.26. The van der Waals surface area contributed by atoms with Crippen LogP contribution in [0, 0.1) is 11.8 Å². The lowest BCUT2D eigenvalue weighted by molar-refractivity contribution is -0.112. The van der Waals surface area contributed by atoms with Gasteiger partial charge in [0.25, 0.3) is 5.91 Å². The van der Waals surface area contributed by atoms with E-state index in [1.165, 1.54) is 10.7 Å². The minimum Gasteiger partial charge on any atom is -0.359 e. The Morgan fingerprint density at radius 3 is 3.21 bits per heavy atom. The molecular formula is C9H6N4O. The Morgan fingerprint density at radius 1 is 1.57 bits per heavy atom. The Labute approximate surface area is 79.6 Å². The summed E-state index contributed by atoms with van der Waals surface area (Å²) in [5.41, 5.74) is 6.11. The van der Waals surface area contributed by atoms with Gasteiger partial charge in [-0.05, 0) is 18.1 Å². The molecule has 0 atom stereocenters. The number of hydrogen-bond donors (Lipinski definition) is 1. The number of fused-ring (bicyclic) bond motifs is 1. The molecule has 0 spiro atoms. The molecule has 0 aliphatic rings.